The van der Waals surface area contributed by atoms with Gasteiger partial charge in [0, 0.05) is 25.7 Å². The summed E-state index contributed by atoms with van der Waals surface area (Å²) in [7, 11) is 1.80. The van der Waals surface area contributed by atoms with E-state index in [9.17, 15) is 14.7 Å². The Kier molecular flexibility index (Phi) is 6.53. The Balaban J connectivity index is 1.98. The van der Waals surface area contributed by atoms with E-state index < -0.39 is 11.2 Å². The summed E-state index contributed by atoms with van der Waals surface area (Å²) in [6.07, 6.45) is 2.72. The average molecular weight is 399 g/mol. The van der Waals surface area contributed by atoms with E-state index in [2.05, 4.69) is 28.7 Å². The van der Waals surface area contributed by atoms with Gasteiger partial charge >= 0.3 is 5.69 Å². The van der Waals surface area contributed by atoms with Crippen LogP contribution in [0.3, 0.4) is 0 Å². The molecule has 8 nitrogen and oxygen atoms in total. The number of nitrogens with one attached hydrogen (secondary N) is 1. The summed E-state index contributed by atoms with van der Waals surface area (Å²) in [5.41, 5.74) is 0.859. The van der Waals surface area contributed by atoms with E-state index in [4.69, 9.17) is 0 Å². The van der Waals surface area contributed by atoms with Gasteiger partial charge in [-0.25, -0.2) is 9.78 Å². The number of imidazole rings is 1. The van der Waals surface area contributed by atoms with Crippen molar-refractivity contribution in [2.45, 2.75) is 52.7 Å². The van der Waals surface area contributed by atoms with E-state index in [0.717, 1.165) is 31.4 Å². The predicted molar refractivity (Wildman–Crippen MR) is 113 cm³/mol. The summed E-state index contributed by atoms with van der Waals surface area (Å²) in [6, 6.07) is 7.29. The first-order valence-corrected chi connectivity index (χ1v) is 10.1. The second kappa shape index (κ2) is 9.09. The van der Waals surface area contributed by atoms with Crippen LogP contribution >= 0.6 is 0 Å². The lowest BCUT2D eigenvalue weighted by Gasteiger charge is -2.21. The minimum Gasteiger partial charge on any atom is -0.508 e. The Morgan fingerprint density at radius 1 is 1.14 bits per heavy atom. The quantitative estimate of drug-likeness (QED) is 0.576. The maximum Gasteiger partial charge on any atom is 0.330 e. The number of phenolic OH excluding ortho intramolecular Hbond substituents is 1. The molecule has 2 N–H and O–H groups in total. The molecular weight excluding hydrogens is 370 g/mol. The molecule has 0 saturated carbocycles. The number of unbranched alkanes of at least 4 members (excludes halogenated alkanes) is 1. The standard InChI is InChI=1S/C21H29N5O3/c1-4-6-12-26-19-18(20(28)23-21(26)29)24(3)17(22-19)14-25(11-5-2)13-15-9-7-8-10-16(15)27/h7-10,27H,4-6,11-14H2,1-3H3,(H,23,28,29). The molecule has 3 rings (SSSR count). The van der Waals surface area contributed by atoms with Crippen molar-refractivity contribution in [2.24, 2.45) is 7.05 Å². The highest BCUT2D eigenvalue weighted by molar-refractivity contribution is 5.70. The lowest BCUT2D eigenvalue weighted by molar-refractivity contribution is 0.245. The van der Waals surface area contributed by atoms with Crippen molar-refractivity contribution >= 4 is 11.2 Å². The summed E-state index contributed by atoms with van der Waals surface area (Å²) in [5.74, 6) is 0.980. The third-order valence-corrected chi connectivity index (χ3v) is 5.13. The Labute approximate surface area is 169 Å². The van der Waals surface area contributed by atoms with Crippen LogP contribution in [0.4, 0.5) is 0 Å². The molecule has 0 amide bonds. The van der Waals surface area contributed by atoms with Gasteiger partial charge in [0.1, 0.15) is 11.6 Å². The van der Waals surface area contributed by atoms with Crippen LogP contribution in [0.1, 0.15) is 44.5 Å². The lowest BCUT2D eigenvalue weighted by Crippen LogP contribution is -2.31. The number of aryl methyl sites for hydroxylation is 2. The molecule has 3 aromatic rings. The highest BCUT2D eigenvalue weighted by Crippen LogP contribution is 2.20. The normalized spacial score (nSPS) is 11.6. The molecule has 2 heterocycles. The number of H-pyrrole nitrogens is 1. The van der Waals surface area contributed by atoms with Crippen LogP contribution in [-0.2, 0) is 26.7 Å². The zero-order valence-electron chi connectivity index (χ0n) is 17.3. The summed E-state index contributed by atoms with van der Waals surface area (Å²) < 4.78 is 3.32. The maximum absolute atomic E-state index is 12.4. The molecule has 0 bridgehead atoms. The number of nitrogens with zero attached hydrogens (tertiary/aromatic N) is 4. The van der Waals surface area contributed by atoms with Crippen molar-refractivity contribution in [1.29, 1.82) is 0 Å². The van der Waals surface area contributed by atoms with Crippen LogP contribution < -0.4 is 11.2 Å². The molecule has 0 radical (unpaired) electrons. The van der Waals surface area contributed by atoms with Gasteiger partial charge < -0.3 is 9.67 Å². The van der Waals surface area contributed by atoms with Gasteiger partial charge in [0.25, 0.3) is 5.56 Å². The largest absolute Gasteiger partial charge is 0.508 e. The molecule has 0 atom stereocenters. The summed E-state index contributed by atoms with van der Waals surface area (Å²) >= 11 is 0. The van der Waals surface area contributed by atoms with Crippen molar-refractivity contribution in [3.63, 3.8) is 0 Å². The molecule has 0 unspecified atom stereocenters. The van der Waals surface area contributed by atoms with E-state index >= 15 is 0 Å². The molecule has 1 aromatic carbocycles. The first kappa shape index (κ1) is 20.9. The number of fused-ring (bicyclic) bond motifs is 1. The molecule has 2 aromatic heterocycles. The third-order valence-electron chi connectivity index (χ3n) is 5.13. The van der Waals surface area contributed by atoms with Gasteiger partial charge in [0.05, 0.1) is 6.54 Å². The van der Waals surface area contributed by atoms with E-state index in [1.807, 2.05) is 12.1 Å². The number of benzene rings is 1. The lowest BCUT2D eigenvalue weighted by atomic mass is 10.2. The molecule has 156 valence electrons. The molecule has 0 fully saturated rings. The minimum atomic E-state index is -0.416. The number of hydrogen-bond donors (Lipinski definition) is 2. The predicted octanol–water partition coefficient (Wildman–Crippen LogP) is 2.34. The zero-order chi connectivity index (χ0) is 21.0. The molecular formula is C21H29N5O3. The molecule has 0 aliphatic rings. The van der Waals surface area contributed by atoms with Gasteiger partial charge in [-0.1, -0.05) is 38.5 Å². The number of phenols is 1. The third kappa shape index (κ3) is 4.42. The molecule has 29 heavy (non-hydrogen) atoms. The van der Waals surface area contributed by atoms with E-state index in [-0.39, 0.29) is 5.75 Å². The number of para-hydroxylation sites is 1. The van der Waals surface area contributed by atoms with Crippen LogP contribution in [0.2, 0.25) is 0 Å². The van der Waals surface area contributed by atoms with Crippen molar-refractivity contribution in [3.8, 4) is 5.75 Å². The number of rotatable bonds is 9. The topological polar surface area (TPSA) is 96.2 Å². The Morgan fingerprint density at radius 3 is 2.59 bits per heavy atom. The minimum absolute atomic E-state index is 0.267. The maximum atomic E-state index is 12.4. The van der Waals surface area contributed by atoms with E-state index in [1.54, 1.807) is 28.3 Å². The van der Waals surface area contributed by atoms with Crippen molar-refractivity contribution < 1.29 is 5.11 Å². The second-order valence-electron chi connectivity index (χ2n) is 7.36. The van der Waals surface area contributed by atoms with Gasteiger partial charge in [-0.3, -0.25) is 19.2 Å². The Morgan fingerprint density at radius 2 is 1.90 bits per heavy atom. The van der Waals surface area contributed by atoms with Crippen molar-refractivity contribution in [1.82, 2.24) is 24.0 Å². The molecule has 8 heteroatoms. The Bertz CT molecular complexity index is 1100. The molecule has 0 aliphatic heterocycles. The van der Waals surface area contributed by atoms with Gasteiger partial charge in [0.15, 0.2) is 11.2 Å². The molecule has 0 spiro atoms. The first-order valence-electron chi connectivity index (χ1n) is 10.1. The summed E-state index contributed by atoms with van der Waals surface area (Å²) in [4.78, 5) is 34.0. The van der Waals surface area contributed by atoms with Crippen LogP contribution in [0.15, 0.2) is 33.9 Å². The number of aromatic nitrogens is 4. The first-order chi connectivity index (χ1) is 14.0. The fourth-order valence-corrected chi connectivity index (χ4v) is 3.57. The monoisotopic (exact) mass is 399 g/mol. The highest BCUT2D eigenvalue weighted by atomic mass is 16.3. The van der Waals surface area contributed by atoms with E-state index in [1.165, 1.54) is 0 Å². The number of hydrogen-bond acceptors (Lipinski definition) is 5. The van der Waals surface area contributed by atoms with Crippen LogP contribution in [0.25, 0.3) is 11.2 Å². The number of aromatic hydroxyl groups is 1. The smallest absolute Gasteiger partial charge is 0.330 e. The Hall–Kier alpha value is -2.87. The van der Waals surface area contributed by atoms with Gasteiger partial charge in [-0.2, -0.15) is 0 Å². The van der Waals surface area contributed by atoms with Crippen LogP contribution in [0.5, 0.6) is 5.75 Å². The van der Waals surface area contributed by atoms with E-state index in [0.29, 0.717) is 36.6 Å². The van der Waals surface area contributed by atoms with Crippen LogP contribution in [-0.4, -0.2) is 35.7 Å². The van der Waals surface area contributed by atoms with Crippen molar-refractivity contribution in [3.05, 3.63) is 56.5 Å². The van der Waals surface area contributed by atoms with Gasteiger partial charge in [-0.15, -0.1) is 0 Å². The summed E-state index contributed by atoms with van der Waals surface area (Å²) in [5, 5.41) is 10.1. The fraction of sp³-hybridized carbons (Fsp3) is 0.476. The van der Waals surface area contributed by atoms with Crippen molar-refractivity contribution in [2.75, 3.05) is 6.54 Å². The SMILES string of the molecule is CCCCn1c(=O)[nH]c(=O)c2c1nc(CN(CCC)Cc1ccccc1O)n2C. The molecule has 0 saturated heterocycles. The summed E-state index contributed by atoms with van der Waals surface area (Å²) in [6.45, 7) is 6.57. The van der Waals surface area contributed by atoms with Gasteiger partial charge in [0.2, 0.25) is 0 Å². The number of aromatic amines is 1. The zero-order valence-corrected chi connectivity index (χ0v) is 17.3. The molecule has 0 aliphatic carbocycles. The average Bonchev–Trinajstić information content (AvgIpc) is 3.00. The fourth-order valence-electron chi connectivity index (χ4n) is 3.57. The second-order valence-corrected chi connectivity index (χ2v) is 7.36. The van der Waals surface area contributed by atoms with Gasteiger partial charge in [-0.05, 0) is 25.5 Å². The van der Waals surface area contributed by atoms with Crippen LogP contribution in [0, 0.1) is 0 Å². The highest BCUT2D eigenvalue weighted by Gasteiger charge is 2.18.